The number of carbonyl (C=O) groups excluding carboxylic acids is 1. The van der Waals surface area contributed by atoms with Gasteiger partial charge in [-0.25, -0.2) is 0 Å². The van der Waals surface area contributed by atoms with Crippen LogP contribution in [-0.4, -0.2) is 36.1 Å². The Morgan fingerprint density at radius 2 is 2.21 bits per heavy atom. The fourth-order valence-electron chi connectivity index (χ4n) is 2.31. The summed E-state index contributed by atoms with van der Waals surface area (Å²) in [5.41, 5.74) is 0.814. The molecule has 2 heterocycles. The number of nitrogens with one attached hydrogen (secondary N) is 1. The minimum Gasteiger partial charge on any atom is -0.361 e. The van der Waals surface area contributed by atoms with Crippen molar-refractivity contribution in [3.8, 4) is 0 Å². The predicted molar refractivity (Wildman–Crippen MR) is 75.2 cm³/mol. The molecule has 0 spiro atoms. The number of amides is 1. The van der Waals surface area contributed by atoms with Crippen LogP contribution in [0.3, 0.4) is 0 Å². The second-order valence-corrected chi connectivity index (χ2v) is 5.08. The lowest BCUT2D eigenvalue weighted by atomic mass is 9.94. The molecular formula is C13H22ClN3O2. The van der Waals surface area contributed by atoms with Gasteiger partial charge in [0.25, 0.3) is 0 Å². The van der Waals surface area contributed by atoms with Crippen LogP contribution in [0.2, 0.25) is 0 Å². The lowest BCUT2D eigenvalue weighted by Gasteiger charge is -2.24. The minimum absolute atomic E-state index is 0. The summed E-state index contributed by atoms with van der Waals surface area (Å²) in [6, 6.07) is 1.87. The Hall–Kier alpha value is -1.07. The molecule has 1 amide bonds. The second-order valence-electron chi connectivity index (χ2n) is 5.08. The average Bonchev–Trinajstić information content (AvgIpc) is 2.76. The number of rotatable bonds is 4. The highest BCUT2D eigenvalue weighted by molar-refractivity contribution is 5.85. The summed E-state index contributed by atoms with van der Waals surface area (Å²) in [4.78, 5) is 13.8. The Bertz CT molecular complexity index is 402. The monoisotopic (exact) mass is 287 g/mol. The molecule has 1 fully saturated rings. The number of aromatic nitrogens is 1. The maximum absolute atomic E-state index is 12.1. The zero-order valence-electron chi connectivity index (χ0n) is 11.5. The van der Waals surface area contributed by atoms with Crippen LogP contribution in [0.25, 0.3) is 0 Å². The predicted octanol–water partition coefficient (Wildman–Crippen LogP) is 1.75. The maximum Gasteiger partial charge on any atom is 0.222 e. The fourth-order valence-corrected chi connectivity index (χ4v) is 2.31. The number of halogens is 1. The highest BCUT2D eigenvalue weighted by Crippen LogP contribution is 2.17. The molecule has 0 aliphatic carbocycles. The smallest absolute Gasteiger partial charge is 0.222 e. The lowest BCUT2D eigenvalue weighted by Crippen LogP contribution is -2.33. The largest absolute Gasteiger partial charge is 0.361 e. The van der Waals surface area contributed by atoms with Crippen molar-refractivity contribution < 1.29 is 9.32 Å². The molecule has 1 aromatic rings. The maximum atomic E-state index is 12.1. The van der Waals surface area contributed by atoms with Gasteiger partial charge in [0.05, 0.1) is 6.54 Å². The van der Waals surface area contributed by atoms with Crippen molar-refractivity contribution in [2.75, 3.05) is 20.1 Å². The topological polar surface area (TPSA) is 58.4 Å². The van der Waals surface area contributed by atoms with Gasteiger partial charge in [-0.1, -0.05) is 5.16 Å². The number of hydrogen-bond acceptors (Lipinski definition) is 4. The van der Waals surface area contributed by atoms with Crippen LogP contribution in [0, 0.1) is 12.8 Å². The first-order chi connectivity index (χ1) is 8.65. The number of piperidine rings is 1. The van der Waals surface area contributed by atoms with Crippen molar-refractivity contribution in [3.05, 3.63) is 17.5 Å². The standard InChI is InChI=1S/C13H21N3O2.ClH/c1-10-7-12(15-18-10)9-16(2)13(17)8-11-3-5-14-6-4-11;/h7,11,14H,3-6,8-9H2,1-2H3;1H. The van der Waals surface area contributed by atoms with Gasteiger partial charge in [0.2, 0.25) is 5.91 Å². The van der Waals surface area contributed by atoms with Gasteiger partial charge in [-0.2, -0.15) is 0 Å². The first-order valence-electron chi connectivity index (χ1n) is 6.52. The first kappa shape index (κ1) is 16.0. The summed E-state index contributed by atoms with van der Waals surface area (Å²) in [5, 5.41) is 7.22. The Kier molecular flexibility index (Phi) is 6.31. The molecule has 1 aliphatic heterocycles. The van der Waals surface area contributed by atoms with Crippen molar-refractivity contribution in [1.29, 1.82) is 0 Å². The van der Waals surface area contributed by atoms with E-state index in [0.717, 1.165) is 37.4 Å². The molecule has 0 atom stereocenters. The molecule has 0 aromatic carbocycles. The van der Waals surface area contributed by atoms with Crippen LogP contribution >= 0.6 is 12.4 Å². The van der Waals surface area contributed by atoms with Gasteiger partial charge in [0.15, 0.2) is 0 Å². The zero-order chi connectivity index (χ0) is 13.0. The van der Waals surface area contributed by atoms with Crippen LogP contribution in [-0.2, 0) is 11.3 Å². The van der Waals surface area contributed by atoms with E-state index in [1.165, 1.54) is 0 Å². The van der Waals surface area contributed by atoms with E-state index < -0.39 is 0 Å². The van der Waals surface area contributed by atoms with Crippen molar-refractivity contribution in [2.24, 2.45) is 5.92 Å². The molecule has 1 saturated heterocycles. The Labute approximate surface area is 120 Å². The van der Waals surface area contributed by atoms with E-state index in [1.54, 1.807) is 4.90 Å². The molecule has 2 rings (SSSR count). The van der Waals surface area contributed by atoms with Crippen molar-refractivity contribution in [3.63, 3.8) is 0 Å². The summed E-state index contributed by atoms with van der Waals surface area (Å²) in [7, 11) is 1.83. The van der Waals surface area contributed by atoms with Crippen LogP contribution in [0.5, 0.6) is 0 Å². The van der Waals surface area contributed by atoms with E-state index in [4.69, 9.17) is 4.52 Å². The molecule has 6 heteroatoms. The minimum atomic E-state index is 0. The SMILES string of the molecule is Cc1cc(CN(C)C(=O)CC2CCNCC2)no1.Cl. The third-order valence-corrected chi connectivity index (χ3v) is 3.42. The molecule has 1 aliphatic rings. The van der Waals surface area contributed by atoms with E-state index >= 15 is 0 Å². The first-order valence-corrected chi connectivity index (χ1v) is 6.52. The normalized spacial score (nSPS) is 15.9. The van der Waals surface area contributed by atoms with E-state index in [0.29, 0.717) is 18.9 Å². The zero-order valence-corrected chi connectivity index (χ0v) is 12.3. The molecule has 19 heavy (non-hydrogen) atoms. The molecule has 0 radical (unpaired) electrons. The third kappa shape index (κ3) is 4.84. The van der Waals surface area contributed by atoms with Crippen LogP contribution in [0.15, 0.2) is 10.6 Å². The number of aryl methyl sites for hydroxylation is 1. The average molecular weight is 288 g/mol. The number of nitrogens with zero attached hydrogens (tertiary/aromatic N) is 2. The highest BCUT2D eigenvalue weighted by atomic mass is 35.5. The number of hydrogen-bond donors (Lipinski definition) is 1. The van der Waals surface area contributed by atoms with Crippen molar-refractivity contribution >= 4 is 18.3 Å². The Morgan fingerprint density at radius 1 is 1.53 bits per heavy atom. The molecule has 0 saturated carbocycles. The van der Waals surface area contributed by atoms with E-state index in [2.05, 4.69) is 10.5 Å². The van der Waals surface area contributed by atoms with E-state index in [1.807, 2.05) is 20.0 Å². The summed E-state index contributed by atoms with van der Waals surface area (Å²) in [6.07, 6.45) is 2.85. The van der Waals surface area contributed by atoms with Crippen LogP contribution in [0.4, 0.5) is 0 Å². The van der Waals surface area contributed by atoms with Crippen molar-refractivity contribution in [1.82, 2.24) is 15.4 Å². The van der Waals surface area contributed by atoms with Gasteiger partial charge in [-0.3, -0.25) is 4.79 Å². The number of carbonyl (C=O) groups is 1. The van der Waals surface area contributed by atoms with Gasteiger partial charge in [-0.05, 0) is 38.8 Å². The van der Waals surface area contributed by atoms with Gasteiger partial charge in [0.1, 0.15) is 11.5 Å². The second kappa shape index (κ2) is 7.50. The Morgan fingerprint density at radius 3 is 2.79 bits per heavy atom. The summed E-state index contributed by atoms with van der Waals surface area (Å²) in [6.45, 7) is 4.45. The quantitative estimate of drug-likeness (QED) is 0.917. The summed E-state index contributed by atoms with van der Waals surface area (Å²) >= 11 is 0. The molecule has 5 nitrogen and oxygen atoms in total. The van der Waals surface area contributed by atoms with Gasteiger partial charge in [-0.15, -0.1) is 12.4 Å². The molecule has 1 aromatic heterocycles. The van der Waals surface area contributed by atoms with E-state index in [9.17, 15) is 4.79 Å². The summed E-state index contributed by atoms with van der Waals surface area (Å²) < 4.78 is 5.00. The van der Waals surface area contributed by atoms with Crippen molar-refractivity contribution in [2.45, 2.75) is 32.7 Å². The summed E-state index contributed by atoms with van der Waals surface area (Å²) in [5.74, 6) is 1.51. The molecular weight excluding hydrogens is 266 g/mol. The fraction of sp³-hybridized carbons (Fsp3) is 0.692. The van der Waals surface area contributed by atoms with Gasteiger partial charge < -0.3 is 14.7 Å². The van der Waals surface area contributed by atoms with Crippen LogP contribution < -0.4 is 5.32 Å². The third-order valence-electron chi connectivity index (χ3n) is 3.42. The lowest BCUT2D eigenvalue weighted by molar-refractivity contribution is -0.131. The van der Waals surface area contributed by atoms with Crippen LogP contribution in [0.1, 0.15) is 30.7 Å². The highest BCUT2D eigenvalue weighted by Gasteiger charge is 2.19. The van der Waals surface area contributed by atoms with Gasteiger partial charge in [0, 0.05) is 19.5 Å². The molecule has 1 N–H and O–H groups in total. The van der Waals surface area contributed by atoms with Gasteiger partial charge >= 0.3 is 0 Å². The molecule has 0 bridgehead atoms. The molecule has 108 valence electrons. The van der Waals surface area contributed by atoms with E-state index in [-0.39, 0.29) is 18.3 Å². The molecule has 0 unspecified atom stereocenters. The Balaban J connectivity index is 0.00000180.